The Kier molecular flexibility index (Phi) is 6.08. The highest BCUT2D eigenvalue weighted by Gasteiger charge is 2.10. The summed E-state index contributed by atoms with van der Waals surface area (Å²) in [5.41, 5.74) is 6.16. The number of anilines is 2. The molecular weight excluding hydrogens is 244 g/mol. The molecule has 6 nitrogen and oxygen atoms in total. The molecule has 1 heterocycles. The standard InChI is InChI=1S/C13H22N4O2/c1-3-17(4-2)7-5-6-15-11-9-16-12(14)8-10(11)13(18)19/h8-9,15H,3-7H2,1-2H3,(H2,14,16)(H,18,19). The first-order valence-electron chi connectivity index (χ1n) is 6.53. The Hall–Kier alpha value is -1.82. The highest BCUT2D eigenvalue weighted by atomic mass is 16.4. The molecule has 0 bridgehead atoms. The molecule has 0 radical (unpaired) electrons. The van der Waals surface area contributed by atoms with Crippen LogP contribution < -0.4 is 11.1 Å². The Balaban J connectivity index is 2.51. The van der Waals surface area contributed by atoms with Gasteiger partial charge in [0.1, 0.15) is 5.82 Å². The van der Waals surface area contributed by atoms with Crippen molar-refractivity contribution < 1.29 is 9.90 Å². The number of rotatable bonds is 8. The van der Waals surface area contributed by atoms with Crippen LogP contribution >= 0.6 is 0 Å². The van der Waals surface area contributed by atoms with Gasteiger partial charge in [-0.15, -0.1) is 0 Å². The first-order valence-corrected chi connectivity index (χ1v) is 6.53. The Bertz CT molecular complexity index is 419. The lowest BCUT2D eigenvalue weighted by Crippen LogP contribution is -2.25. The van der Waals surface area contributed by atoms with Crippen molar-refractivity contribution in [2.24, 2.45) is 0 Å². The van der Waals surface area contributed by atoms with E-state index in [0.717, 1.165) is 26.1 Å². The molecule has 0 aliphatic heterocycles. The Labute approximate surface area is 113 Å². The number of carboxylic acid groups (broad SMARTS) is 1. The largest absolute Gasteiger partial charge is 0.478 e. The lowest BCUT2D eigenvalue weighted by Gasteiger charge is -2.18. The summed E-state index contributed by atoms with van der Waals surface area (Å²) in [5, 5.41) is 12.2. The lowest BCUT2D eigenvalue weighted by atomic mass is 10.2. The number of nitrogens with two attached hydrogens (primary N) is 1. The van der Waals surface area contributed by atoms with E-state index in [1.165, 1.54) is 12.3 Å². The number of carboxylic acids is 1. The summed E-state index contributed by atoms with van der Waals surface area (Å²) >= 11 is 0. The van der Waals surface area contributed by atoms with E-state index in [1.807, 2.05) is 0 Å². The summed E-state index contributed by atoms with van der Waals surface area (Å²) in [4.78, 5) is 17.3. The van der Waals surface area contributed by atoms with Gasteiger partial charge in [-0.3, -0.25) is 0 Å². The molecule has 6 heteroatoms. The fourth-order valence-corrected chi connectivity index (χ4v) is 1.85. The topological polar surface area (TPSA) is 91.5 Å². The number of pyridine rings is 1. The van der Waals surface area contributed by atoms with E-state index in [2.05, 4.69) is 29.0 Å². The predicted molar refractivity (Wildman–Crippen MR) is 76.5 cm³/mol. The second-order valence-corrected chi connectivity index (χ2v) is 4.27. The fraction of sp³-hybridized carbons (Fsp3) is 0.538. The van der Waals surface area contributed by atoms with Gasteiger partial charge in [0.05, 0.1) is 17.4 Å². The van der Waals surface area contributed by atoms with Crippen molar-refractivity contribution in [1.82, 2.24) is 9.88 Å². The summed E-state index contributed by atoms with van der Waals surface area (Å²) < 4.78 is 0. The normalized spacial score (nSPS) is 10.7. The van der Waals surface area contributed by atoms with Crippen LogP contribution in [0.3, 0.4) is 0 Å². The molecule has 0 aromatic carbocycles. The second-order valence-electron chi connectivity index (χ2n) is 4.27. The summed E-state index contributed by atoms with van der Waals surface area (Å²) in [7, 11) is 0. The number of nitrogens with one attached hydrogen (secondary N) is 1. The van der Waals surface area contributed by atoms with E-state index in [-0.39, 0.29) is 11.4 Å². The quantitative estimate of drug-likeness (QED) is 0.618. The molecule has 0 unspecified atom stereocenters. The van der Waals surface area contributed by atoms with Crippen molar-refractivity contribution in [3.05, 3.63) is 17.8 Å². The third-order valence-electron chi connectivity index (χ3n) is 3.02. The number of nitrogen functional groups attached to an aromatic ring is 1. The van der Waals surface area contributed by atoms with Gasteiger partial charge in [0.25, 0.3) is 0 Å². The molecule has 0 atom stereocenters. The number of carbonyl (C=O) groups is 1. The van der Waals surface area contributed by atoms with Gasteiger partial charge in [-0.05, 0) is 32.1 Å². The molecule has 1 rings (SSSR count). The third-order valence-corrected chi connectivity index (χ3v) is 3.02. The minimum absolute atomic E-state index is 0.162. The van der Waals surface area contributed by atoms with Crippen LogP contribution in [0.1, 0.15) is 30.6 Å². The third kappa shape index (κ3) is 4.75. The molecular formula is C13H22N4O2. The van der Waals surface area contributed by atoms with Crippen molar-refractivity contribution in [2.45, 2.75) is 20.3 Å². The van der Waals surface area contributed by atoms with Crippen molar-refractivity contribution in [3.8, 4) is 0 Å². The minimum atomic E-state index is -1.000. The zero-order valence-corrected chi connectivity index (χ0v) is 11.5. The van der Waals surface area contributed by atoms with E-state index in [1.54, 1.807) is 0 Å². The first-order chi connectivity index (χ1) is 9.08. The van der Waals surface area contributed by atoms with E-state index in [9.17, 15) is 4.79 Å². The molecule has 0 saturated carbocycles. The average molecular weight is 266 g/mol. The van der Waals surface area contributed by atoms with Gasteiger partial charge in [0.2, 0.25) is 0 Å². The van der Waals surface area contributed by atoms with Crippen LogP contribution in [0.25, 0.3) is 0 Å². The van der Waals surface area contributed by atoms with Gasteiger partial charge in [-0.25, -0.2) is 9.78 Å². The van der Waals surface area contributed by atoms with E-state index in [4.69, 9.17) is 10.8 Å². The first kappa shape index (κ1) is 15.2. The number of hydrogen-bond donors (Lipinski definition) is 3. The molecule has 106 valence electrons. The average Bonchev–Trinajstić information content (AvgIpc) is 2.40. The second kappa shape index (κ2) is 7.58. The SMILES string of the molecule is CCN(CC)CCCNc1cnc(N)cc1C(=O)O. The van der Waals surface area contributed by atoms with Gasteiger partial charge in [0.15, 0.2) is 0 Å². The molecule has 0 spiro atoms. The summed E-state index contributed by atoms with van der Waals surface area (Å²) in [6.07, 6.45) is 2.42. The number of aromatic nitrogens is 1. The monoisotopic (exact) mass is 266 g/mol. The Morgan fingerprint density at radius 3 is 2.74 bits per heavy atom. The molecule has 1 aromatic rings. The van der Waals surface area contributed by atoms with Crippen LogP contribution in [0, 0.1) is 0 Å². The van der Waals surface area contributed by atoms with Crippen LogP contribution in [0.15, 0.2) is 12.3 Å². The highest BCUT2D eigenvalue weighted by Crippen LogP contribution is 2.16. The summed E-state index contributed by atoms with van der Waals surface area (Å²) in [6, 6.07) is 1.37. The van der Waals surface area contributed by atoms with Gasteiger partial charge in [-0.1, -0.05) is 13.8 Å². The van der Waals surface area contributed by atoms with Crippen LogP contribution in [0.4, 0.5) is 11.5 Å². The van der Waals surface area contributed by atoms with Crippen molar-refractivity contribution in [3.63, 3.8) is 0 Å². The van der Waals surface area contributed by atoms with Crippen molar-refractivity contribution in [1.29, 1.82) is 0 Å². The molecule has 0 aliphatic rings. The van der Waals surface area contributed by atoms with Crippen LogP contribution in [-0.4, -0.2) is 47.1 Å². The van der Waals surface area contributed by atoms with Crippen LogP contribution in [0.5, 0.6) is 0 Å². The van der Waals surface area contributed by atoms with E-state index >= 15 is 0 Å². The Morgan fingerprint density at radius 2 is 2.16 bits per heavy atom. The summed E-state index contributed by atoms with van der Waals surface area (Å²) in [5.74, 6) is -0.786. The van der Waals surface area contributed by atoms with Crippen molar-refractivity contribution in [2.75, 3.05) is 37.2 Å². The van der Waals surface area contributed by atoms with Gasteiger partial charge >= 0.3 is 5.97 Å². The molecule has 1 aromatic heterocycles. The van der Waals surface area contributed by atoms with E-state index in [0.29, 0.717) is 12.2 Å². The number of hydrogen-bond acceptors (Lipinski definition) is 5. The highest BCUT2D eigenvalue weighted by molar-refractivity contribution is 5.94. The number of aromatic carboxylic acids is 1. The minimum Gasteiger partial charge on any atom is -0.478 e. The van der Waals surface area contributed by atoms with Crippen molar-refractivity contribution >= 4 is 17.5 Å². The maximum absolute atomic E-state index is 11.1. The molecule has 0 fully saturated rings. The van der Waals surface area contributed by atoms with Gasteiger partial charge in [0, 0.05) is 6.54 Å². The zero-order chi connectivity index (χ0) is 14.3. The van der Waals surface area contributed by atoms with Crippen LogP contribution in [0.2, 0.25) is 0 Å². The fourth-order valence-electron chi connectivity index (χ4n) is 1.85. The smallest absolute Gasteiger partial charge is 0.337 e. The number of nitrogens with zero attached hydrogens (tertiary/aromatic N) is 2. The van der Waals surface area contributed by atoms with E-state index < -0.39 is 5.97 Å². The predicted octanol–water partition coefficient (Wildman–Crippen LogP) is 1.51. The molecule has 0 amide bonds. The molecule has 0 saturated heterocycles. The van der Waals surface area contributed by atoms with Crippen LogP contribution in [-0.2, 0) is 0 Å². The maximum atomic E-state index is 11.1. The zero-order valence-electron chi connectivity index (χ0n) is 11.5. The lowest BCUT2D eigenvalue weighted by molar-refractivity contribution is 0.0698. The Morgan fingerprint density at radius 1 is 1.47 bits per heavy atom. The van der Waals surface area contributed by atoms with Gasteiger partial charge < -0.3 is 21.1 Å². The molecule has 19 heavy (non-hydrogen) atoms. The summed E-state index contributed by atoms with van der Waals surface area (Å²) in [6.45, 7) is 8.01. The molecule has 4 N–H and O–H groups in total. The maximum Gasteiger partial charge on any atom is 0.337 e. The van der Waals surface area contributed by atoms with Gasteiger partial charge in [-0.2, -0.15) is 0 Å². The molecule has 0 aliphatic carbocycles.